The number of amides is 1. The molecule has 1 fully saturated rings. The zero-order chi connectivity index (χ0) is 18.0. The zero-order valence-corrected chi connectivity index (χ0v) is 16.4. The van der Waals surface area contributed by atoms with E-state index in [1.807, 2.05) is 12.1 Å². The Balaban J connectivity index is 1.78. The lowest BCUT2D eigenvalue weighted by molar-refractivity contribution is -0.115. The summed E-state index contributed by atoms with van der Waals surface area (Å²) in [6, 6.07) is 10.7. The number of nitrogens with one attached hydrogen (secondary N) is 1. The van der Waals surface area contributed by atoms with E-state index in [-0.39, 0.29) is 5.91 Å². The van der Waals surface area contributed by atoms with Gasteiger partial charge < -0.3 is 10.1 Å². The van der Waals surface area contributed by atoms with Crippen LogP contribution in [0.25, 0.3) is 6.08 Å². The molecule has 1 amide bonds. The van der Waals surface area contributed by atoms with E-state index in [0.29, 0.717) is 42.2 Å². The number of thiocarbonyl (C=S) groups is 1. The minimum atomic E-state index is -0.231. The van der Waals surface area contributed by atoms with Crippen LogP contribution in [0.15, 0.2) is 41.3 Å². The summed E-state index contributed by atoms with van der Waals surface area (Å²) in [5.74, 6) is 0.157. The fourth-order valence-corrected chi connectivity index (χ4v) is 3.89. The largest absolute Gasteiger partial charge is 0.486 e. The molecule has 25 heavy (non-hydrogen) atoms. The Morgan fingerprint density at radius 3 is 2.32 bits per heavy atom. The molecule has 3 nitrogen and oxygen atoms in total. The smallest absolute Gasteiger partial charge is 0.263 e. The summed E-state index contributed by atoms with van der Waals surface area (Å²) >= 11 is 24.6. The van der Waals surface area contributed by atoms with Crippen LogP contribution in [0.4, 0.5) is 0 Å². The van der Waals surface area contributed by atoms with Crippen molar-refractivity contribution in [3.8, 4) is 5.75 Å². The predicted octanol–water partition coefficient (Wildman–Crippen LogP) is 5.71. The average Bonchev–Trinajstić information content (AvgIpc) is 2.86. The van der Waals surface area contributed by atoms with Crippen LogP contribution >= 0.6 is 58.8 Å². The van der Waals surface area contributed by atoms with Crippen LogP contribution in [0.1, 0.15) is 11.1 Å². The van der Waals surface area contributed by atoms with Crippen molar-refractivity contribution in [3.63, 3.8) is 0 Å². The maximum Gasteiger partial charge on any atom is 0.263 e. The second kappa shape index (κ2) is 7.98. The Hall–Kier alpha value is -1.24. The van der Waals surface area contributed by atoms with Crippen LogP contribution in [0.2, 0.25) is 15.1 Å². The molecule has 0 saturated carbocycles. The van der Waals surface area contributed by atoms with Crippen molar-refractivity contribution in [2.75, 3.05) is 0 Å². The number of carbonyl (C=O) groups excluding carboxylic acids is 1. The molecule has 8 heteroatoms. The van der Waals surface area contributed by atoms with Gasteiger partial charge in [0.05, 0.1) is 15.0 Å². The molecule has 128 valence electrons. The summed E-state index contributed by atoms with van der Waals surface area (Å²) in [6.45, 7) is 0.309. The Kier molecular flexibility index (Phi) is 5.92. The quantitative estimate of drug-likeness (QED) is 0.498. The first-order chi connectivity index (χ1) is 11.9. The number of thioether (sulfide) groups is 1. The Morgan fingerprint density at radius 2 is 1.76 bits per heavy atom. The van der Waals surface area contributed by atoms with Gasteiger partial charge in [0.2, 0.25) is 0 Å². The Labute approximate surface area is 169 Å². The number of hydrogen-bond acceptors (Lipinski definition) is 4. The topological polar surface area (TPSA) is 38.3 Å². The van der Waals surface area contributed by atoms with Gasteiger partial charge in [0, 0.05) is 5.02 Å². The number of carbonyl (C=O) groups is 1. The van der Waals surface area contributed by atoms with Crippen molar-refractivity contribution in [3.05, 3.63) is 67.5 Å². The summed E-state index contributed by atoms with van der Waals surface area (Å²) in [5, 5.41) is 3.94. The summed E-state index contributed by atoms with van der Waals surface area (Å²) in [6.07, 6.45) is 1.68. The third-order valence-corrected chi connectivity index (χ3v) is 5.23. The zero-order valence-electron chi connectivity index (χ0n) is 12.5. The van der Waals surface area contributed by atoms with E-state index in [4.69, 9.17) is 51.8 Å². The molecule has 0 atom stereocenters. The molecule has 1 aliphatic rings. The Morgan fingerprint density at radius 1 is 1.12 bits per heavy atom. The molecule has 1 N–H and O–H groups in total. The number of hydrogen-bond donors (Lipinski definition) is 1. The van der Waals surface area contributed by atoms with Gasteiger partial charge in [0.1, 0.15) is 10.9 Å². The van der Waals surface area contributed by atoms with E-state index in [9.17, 15) is 4.79 Å². The lowest BCUT2D eigenvalue weighted by atomic mass is 10.2. The molecular formula is C17H10Cl3NO2S2. The number of benzene rings is 2. The molecule has 0 aromatic heterocycles. The van der Waals surface area contributed by atoms with E-state index >= 15 is 0 Å². The lowest BCUT2D eigenvalue weighted by Crippen LogP contribution is -2.17. The fraction of sp³-hybridized carbons (Fsp3) is 0.0588. The van der Waals surface area contributed by atoms with Crippen LogP contribution in [-0.2, 0) is 11.4 Å². The van der Waals surface area contributed by atoms with E-state index < -0.39 is 0 Å². The summed E-state index contributed by atoms with van der Waals surface area (Å²) in [5.41, 5.74) is 1.63. The van der Waals surface area contributed by atoms with Gasteiger partial charge in [-0.2, -0.15) is 0 Å². The SMILES string of the molecule is O=C1NC(=S)S/C1=C\c1cc(Cl)c(OCc2ccc(Cl)cc2)c(Cl)c1. The van der Waals surface area contributed by atoms with Gasteiger partial charge in [-0.05, 0) is 41.5 Å². The fourth-order valence-electron chi connectivity index (χ4n) is 2.11. The molecule has 0 spiro atoms. The van der Waals surface area contributed by atoms with Crippen LogP contribution in [0, 0.1) is 0 Å². The van der Waals surface area contributed by atoms with Gasteiger partial charge in [-0.3, -0.25) is 4.79 Å². The van der Waals surface area contributed by atoms with E-state index in [1.54, 1.807) is 30.3 Å². The van der Waals surface area contributed by atoms with Gasteiger partial charge in [-0.15, -0.1) is 0 Å². The van der Waals surface area contributed by atoms with Crippen LogP contribution in [0.3, 0.4) is 0 Å². The molecule has 0 unspecified atom stereocenters. The van der Waals surface area contributed by atoms with Crippen molar-refractivity contribution in [2.24, 2.45) is 0 Å². The summed E-state index contributed by atoms with van der Waals surface area (Å²) in [7, 11) is 0. The molecule has 0 radical (unpaired) electrons. The second-order valence-corrected chi connectivity index (χ2v) is 8.05. The third kappa shape index (κ3) is 4.68. The third-order valence-electron chi connectivity index (χ3n) is 3.26. The molecule has 1 aliphatic heterocycles. The van der Waals surface area contributed by atoms with Crippen LogP contribution < -0.4 is 10.1 Å². The molecule has 2 aromatic carbocycles. The molecular weight excluding hydrogens is 421 g/mol. The van der Waals surface area contributed by atoms with Crippen molar-refractivity contribution in [1.29, 1.82) is 0 Å². The number of ether oxygens (including phenoxy) is 1. The molecule has 1 saturated heterocycles. The molecule has 1 heterocycles. The van der Waals surface area contributed by atoms with Gasteiger partial charge in [0.25, 0.3) is 5.91 Å². The van der Waals surface area contributed by atoms with Crippen molar-refractivity contribution < 1.29 is 9.53 Å². The second-order valence-electron chi connectivity index (χ2n) is 5.08. The monoisotopic (exact) mass is 429 g/mol. The van der Waals surface area contributed by atoms with Crippen molar-refractivity contribution >= 4 is 75.1 Å². The van der Waals surface area contributed by atoms with Crippen LogP contribution in [0.5, 0.6) is 5.75 Å². The number of halogens is 3. The highest BCUT2D eigenvalue weighted by atomic mass is 35.5. The minimum absolute atomic E-state index is 0.231. The molecule has 0 bridgehead atoms. The van der Waals surface area contributed by atoms with Crippen LogP contribution in [-0.4, -0.2) is 10.2 Å². The first-order valence-electron chi connectivity index (χ1n) is 7.03. The maximum atomic E-state index is 11.7. The van der Waals surface area contributed by atoms with Gasteiger partial charge in [-0.25, -0.2) is 0 Å². The van der Waals surface area contributed by atoms with Gasteiger partial charge in [-0.1, -0.05) is 70.9 Å². The summed E-state index contributed by atoms with van der Waals surface area (Å²) in [4.78, 5) is 12.2. The lowest BCUT2D eigenvalue weighted by Gasteiger charge is -2.11. The highest BCUT2D eigenvalue weighted by Crippen LogP contribution is 2.36. The summed E-state index contributed by atoms with van der Waals surface area (Å²) < 4.78 is 6.15. The number of rotatable bonds is 4. The van der Waals surface area contributed by atoms with Gasteiger partial charge in [0.15, 0.2) is 5.75 Å². The standard InChI is InChI=1S/C17H10Cl3NO2S2/c18-11-3-1-9(2-4-11)8-23-15-12(19)5-10(6-13(15)20)7-14-16(22)21-17(24)25-14/h1-7H,8H2,(H,21,22,24)/b14-7-. The van der Waals surface area contributed by atoms with Gasteiger partial charge >= 0.3 is 0 Å². The predicted molar refractivity (Wildman–Crippen MR) is 109 cm³/mol. The first kappa shape index (κ1) is 18.5. The first-order valence-corrected chi connectivity index (χ1v) is 9.39. The highest BCUT2D eigenvalue weighted by molar-refractivity contribution is 8.26. The normalized spacial score (nSPS) is 15.6. The van der Waals surface area contributed by atoms with Crippen molar-refractivity contribution in [2.45, 2.75) is 6.61 Å². The van der Waals surface area contributed by atoms with E-state index in [2.05, 4.69) is 5.32 Å². The highest BCUT2D eigenvalue weighted by Gasteiger charge is 2.22. The van der Waals surface area contributed by atoms with E-state index in [0.717, 1.165) is 5.56 Å². The van der Waals surface area contributed by atoms with Crippen molar-refractivity contribution in [1.82, 2.24) is 5.32 Å². The Bertz CT molecular complexity index is 859. The maximum absolute atomic E-state index is 11.7. The molecule has 3 rings (SSSR count). The molecule has 0 aliphatic carbocycles. The van der Waals surface area contributed by atoms with E-state index in [1.165, 1.54) is 11.8 Å². The molecule has 2 aromatic rings. The average molecular weight is 431 g/mol. The minimum Gasteiger partial charge on any atom is -0.486 e.